The Morgan fingerprint density at radius 2 is 1.61 bits per heavy atom. The summed E-state index contributed by atoms with van der Waals surface area (Å²) < 4.78 is 0. The molecule has 0 aliphatic heterocycles. The number of benzene rings is 1. The van der Waals surface area contributed by atoms with Crippen LogP contribution in [0.25, 0.3) is 5.57 Å². The molecule has 0 heterocycles. The molecule has 2 nitrogen and oxygen atoms in total. The van der Waals surface area contributed by atoms with Crippen molar-refractivity contribution in [1.29, 1.82) is 0 Å². The van der Waals surface area contributed by atoms with Gasteiger partial charge in [-0.25, -0.2) is 0 Å². The molecule has 0 aromatic heterocycles. The SMILES string of the molecule is CCCCCC(C)=C(CC)c1cc(O)cc(O)c1. The van der Waals surface area contributed by atoms with E-state index in [-0.39, 0.29) is 11.5 Å². The van der Waals surface area contributed by atoms with Gasteiger partial charge in [-0.1, -0.05) is 32.3 Å². The first-order chi connectivity index (χ1) is 8.58. The lowest BCUT2D eigenvalue weighted by Gasteiger charge is -2.12. The molecule has 0 aliphatic carbocycles. The first-order valence-electron chi connectivity index (χ1n) is 6.80. The summed E-state index contributed by atoms with van der Waals surface area (Å²) in [6, 6.07) is 4.81. The maximum Gasteiger partial charge on any atom is 0.119 e. The lowest BCUT2D eigenvalue weighted by atomic mass is 9.95. The summed E-state index contributed by atoms with van der Waals surface area (Å²) in [5.74, 6) is 0.245. The molecule has 0 fully saturated rings. The summed E-state index contributed by atoms with van der Waals surface area (Å²) in [6.45, 7) is 6.46. The third-order valence-corrected chi connectivity index (χ3v) is 3.28. The summed E-state index contributed by atoms with van der Waals surface area (Å²) in [6.07, 6.45) is 5.69. The molecule has 0 amide bonds. The van der Waals surface area contributed by atoms with E-state index in [9.17, 15) is 10.2 Å². The Bertz CT molecular complexity index is 399. The molecule has 1 aromatic carbocycles. The molecular formula is C16H24O2. The molecule has 0 spiro atoms. The summed E-state index contributed by atoms with van der Waals surface area (Å²) in [4.78, 5) is 0. The Morgan fingerprint density at radius 1 is 1.00 bits per heavy atom. The van der Waals surface area contributed by atoms with E-state index in [1.807, 2.05) is 0 Å². The van der Waals surface area contributed by atoms with E-state index in [4.69, 9.17) is 0 Å². The van der Waals surface area contributed by atoms with Gasteiger partial charge in [0.05, 0.1) is 0 Å². The lowest BCUT2D eigenvalue weighted by Crippen LogP contribution is -1.90. The molecular weight excluding hydrogens is 224 g/mol. The van der Waals surface area contributed by atoms with Crippen LogP contribution in [0.4, 0.5) is 0 Å². The fraction of sp³-hybridized carbons (Fsp3) is 0.500. The number of unbranched alkanes of at least 4 members (excludes halogenated alkanes) is 2. The van der Waals surface area contributed by atoms with Crippen molar-refractivity contribution in [3.63, 3.8) is 0 Å². The highest BCUT2D eigenvalue weighted by Gasteiger charge is 2.07. The van der Waals surface area contributed by atoms with Crippen molar-refractivity contribution >= 4 is 5.57 Å². The molecule has 100 valence electrons. The molecule has 0 aliphatic rings. The number of rotatable bonds is 6. The van der Waals surface area contributed by atoms with E-state index in [2.05, 4.69) is 20.8 Å². The van der Waals surface area contributed by atoms with Gasteiger partial charge in [0.15, 0.2) is 0 Å². The van der Waals surface area contributed by atoms with Gasteiger partial charge in [0.25, 0.3) is 0 Å². The summed E-state index contributed by atoms with van der Waals surface area (Å²) in [7, 11) is 0. The van der Waals surface area contributed by atoms with E-state index in [1.54, 1.807) is 12.1 Å². The second-order valence-electron chi connectivity index (χ2n) is 4.81. The van der Waals surface area contributed by atoms with Crippen LogP contribution in [0.1, 0.15) is 58.4 Å². The molecule has 1 rings (SSSR count). The molecule has 0 radical (unpaired) electrons. The van der Waals surface area contributed by atoms with E-state index in [0.29, 0.717) is 0 Å². The highest BCUT2D eigenvalue weighted by atomic mass is 16.3. The molecule has 18 heavy (non-hydrogen) atoms. The van der Waals surface area contributed by atoms with Gasteiger partial charge >= 0.3 is 0 Å². The number of allylic oxidation sites excluding steroid dienone is 2. The van der Waals surface area contributed by atoms with Crippen LogP contribution in [0.2, 0.25) is 0 Å². The van der Waals surface area contributed by atoms with Crippen molar-refractivity contribution < 1.29 is 10.2 Å². The van der Waals surface area contributed by atoms with Gasteiger partial charge in [-0.3, -0.25) is 0 Å². The monoisotopic (exact) mass is 248 g/mol. The van der Waals surface area contributed by atoms with Gasteiger partial charge in [0.2, 0.25) is 0 Å². The Morgan fingerprint density at radius 3 is 2.11 bits per heavy atom. The molecule has 0 saturated heterocycles. The summed E-state index contributed by atoms with van der Waals surface area (Å²) >= 11 is 0. The fourth-order valence-corrected chi connectivity index (χ4v) is 2.31. The molecule has 2 heteroatoms. The van der Waals surface area contributed by atoms with Crippen molar-refractivity contribution in [3.05, 3.63) is 29.3 Å². The number of hydrogen-bond acceptors (Lipinski definition) is 2. The van der Waals surface area contributed by atoms with Gasteiger partial charge in [0.1, 0.15) is 11.5 Å². The van der Waals surface area contributed by atoms with E-state index in [0.717, 1.165) is 18.4 Å². The fourth-order valence-electron chi connectivity index (χ4n) is 2.31. The molecule has 1 aromatic rings. The van der Waals surface area contributed by atoms with Gasteiger partial charge < -0.3 is 10.2 Å². The Hall–Kier alpha value is -1.44. The average molecular weight is 248 g/mol. The molecule has 0 saturated carbocycles. The third-order valence-electron chi connectivity index (χ3n) is 3.28. The van der Waals surface area contributed by atoms with E-state index >= 15 is 0 Å². The largest absolute Gasteiger partial charge is 0.508 e. The predicted molar refractivity (Wildman–Crippen MR) is 76.8 cm³/mol. The Balaban J connectivity index is 2.96. The van der Waals surface area contributed by atoms with Crippen molar-refractivity contribution in [3.8, 4) is 11.5 Å². The smallest absolute Gasteiger partial charge is 0.119 e. The number of aromatic hydroxyl groups is 2. The third kappa shape index (κ3) is 4.10. The Labute approximate surface area is 110 Å². The maximum atomic E-state index is 9.55. The Kier molecular flexibility index (Phi) is 5.76. The molecule has 2 N–H and O–H groups in total. The number of phenols is 2. The van der Waals surface area contributed by atoms with E-state index < -0.39 is 0 Å². The predicted octanol–water partition coefficient (Wildman–Crippen LogP) is 4.86. The van der Waals surface area contributed by atoms with Gasteiger partial charge in [-0.2, -0.15) is 0 Å². The minimum atomic E-state index is 0.123. The first kappa shape index (κ1) is 14.6. The van der Waals surface area contributed by atoms with Crippen LogP contribution in [-0.2, 0) is 0 Å². The molecule has 0 unspecified atom stereocenters. The van der Waals surface area contributed by atoms with Crippen molar-refractivity contribution in [2.75, 3.05) is 0 Å². The van der Waals surface area contributed by atoms with Crippen LogP contribution in [0, 0.1) is 0 Å². The van der Waals surface area contributed by atoms with Crippen LogP contribution in [-0.4, -0.2) is 10.2 Å². The minimum absolute atomic E-state index is 0.123. The second kappa shape index (κ2) is 7.10. The summed E-state index contributed by atoms with van der Waals surface area (Å²) in [5.41, 5.74) is 3.53. The van der Waals surface area contributed by atoms with Crippen LogP contribution in [0.3, 0.4) is 0 Å². The average Bonchev–Trinajstić information content (AvgIpc) is 2.29. The number of hydrogen-bond donors (Lipinski definition) is 2. The maximum absolute atomic E-state index is 9.55. The summed E-state index contributed by atoms with van der Waals surface area (Å²) in [5, 5.41) is 19.1. The van der Waals surface area contributed by atoms with Crippen molar-refractivity contribution in [1.82, 2.24) is 0 Å². The van der Waals surface area contributed by atoms with E-state index in [1.165, 1.54) is 36.5 Å². The van der Waals surface area contributed by atoms with Gasteiger partial charge in [-0.05, 0) is 49.5 Å². The lowest BCUT2D eigenvalue weighted by molar-refractivity contribution is 0.450. The minimum Gasteiger partial charge on any atom is -0.508 e. The topological polar surface area (TPSA) is 40.5 Å². The highest BCUT2D eigenvalue weighted by Crippen LogP contribution is 2.30. The number of phenolic OH excluding ortho intramolecular Hbond substituents is 2. The molecule has 0 bridgehead atoms. The van der Waals surface area contributed by atoms with Crippen molar-refractivity contribution in [2.45, 2.75) is 52.9 Å². The van der Waals surface area contributed by atoms with Gasteiger partial charge in [0, 0.05) is 6.07 Å². The zero-order chi connectivity index (χ0) is 13.5. The van der Waals surface area contributed by atoms with Crippen LogP contribution >= 0.6 is 0 Å². The van der Waals surface area contributed by atoms with Crippen LogP contribution < -0.4 is 0 Å². The normalized spacial score (nSPS) is 12.4. The molecule has 0 atom stereocenters. The van der Waals surface area contributed by atoms with Crippen molar-refractivity contribution in [2.24, 2.45) is 0 Å². The second-order valence-corrected chi connectivity index (χ2v) is 4.81. The van der Waals surface area contributed by atoms with Crippen LogP contribution in [0.15, 0.2) is 23.8 Å². The van der Waals surface area contributed by atoms with Crippen LogP contribution in [0.5, 0.6) is 11.5 Å². The highest BCUT2D eigenvalue weighted by molar-refractivity contribution is 5.70. The zero-order valence-electron chi connectivity index (χ0n) is 11.7. The first-order valence-corrected chi connectivity index (χ1v) is 6.80. The standard InChI is InChI=1S/C16H24O2/c1-4-6-7-8-12(3)16(5-2)13-9-14(17)11-15(18)10-13/h9-11,17-18H,4-8H2,1-3H3. The van der Waals surface area contributed by atoms with Gasteiger partial charge in [-0.15, -0.1) is 0 Å². The quantitative estimate of drug-likeness (QED) is 0.706. The zero-order valence-corrected chi connectivity index (χ0v) is 11.7.